The van der Waals surface area contributed by atoms with Crippen molar-refractivity contribution in [2.75, 3.05) is 0 Å². The molecule has 6 heteroatoms. The van der Waals surface area contributed by atoms with Gasteiger partial charge in [-0.05, 0) is 56.7 Å². The molecule has 6 nitrogen and oxygen atoms in total. The molecule has 0 atom stereocenters. The van der Waals surface area contributed by atoms with Crippen molar-refractivity contribution < 1.29 is 14.4 Å². The van der Waals surface area contributed by atoms with Gasteiger partial charge >= 0.3 is 0 Å². The Balaban J connectivity index is 1.93. The molecule has 0 unspecified atom stereocenters. The van der Waals surface area contributed by atoms with Crippen LogP contribution in [0.5, 0.6) is 0 Å². The van der Waals surface area contributed by atoms with Crippen LogP contribution in [0.4, 0.5) is 0 Å². The smallest absolute Gasteiger partial charge is 0.155 e. The average Bonchev–Trinajstić information content (AvgIpc) is 3.12. The zero-order chi connectivity index (χ0) is 19.0. The van der Waals surface area contributed by atoms with Gasteiger partial charge in [0.25, 0.3) is 0 Å². The van der Waals surface area contributed by atoms with Gasteiger partial charge in [-0.25, -0.2) is 4.98 Å². The predicted octanol–water partition coefficient (Wildman–Crippen LogP) is 3.87. The van der Waals surface area contributed by atoms with Crippen molar-refractivity contribution in [3.63, 3.8) is 0 Å². The molecule has 0 saturated heterocycles. The first-order valence-electron chi connectivity index (χ1n) is 8.76. The molecule has 0 saturated carbocycles. The molecule has 0 radical (unpaired) electrons. The van der Waals surface area contributed by atoms with Crippen LogP contribution in [0.15, 0.2) is 64.6 Å². The summed E-state index contributed by atoms with van der Waals surface area (Å²) >= 11 is 0. The molecule has 0 bridgehead atoms. The summed E-state index contributed by atoms with van der Waals surface area (Å²) in [6, 6.07) is 13.3. The lowest BCUT2D eigenvalue weighted by atomic mass is 10.1. The maximum atomic E-state index is 9.46. The summed E-state index contributed by atoms with van der Waals surface area (Å²) in [6.07, 6.45) is 3.69. The molecule has 3 aromatic heterocycles. The minimum Gasteiger partial charge on any atom is -0.454 e. The number of fused-ring (bicyclic) bond motifs is 2. The van der Waals surface area contributed by atoms with Crippen LogP contribution in [0.1, 0.15) is 26.3 Å². The monoisotopic (exact) mass is 363 g/mol. The molecular weight excluding hydrogens is 342 g/mol. The molecule has 0 aliphatic rings. The van der Waals surface area contributed by atoms with Crippen molar-refractivity contribution in [3.8, 4) is 11.5 Å². The molecule has 3 heterocycles. The highest BCUT2D eigenvalue weighted by Crippen LogP contribution is 2.23. The third-order valence-electron chi connectivity index (χ3n) is 4.08. The van der Waals surface area contributed by atoms with E-state index in [1.807, 2.05) is 73.8 Å². The number of benzene rings is 1. The van der Waals surface area contributed by atoms with E-state index in [0.29, 0.717) is 22.4 Å². The molecular formula is C21H21N3O3. The molecule has 0 aliphatic heterocycles. The summed E-state index contributed by atoms with van der Waals surface area (Å²) in [6.45, 7) is 5.76. The molecule has 4 rings (SSSR count). The average molecular weight is 363 g/mol. The molecule has 1 aromatic carbocycles. The lowest BCUT2D eigenvalue weighted by Crippen LogP contribution is -2.18. The lowest BCUT2D eigenvalue weighted by molar-refractivity contribution is -0.00586. The van der Waals surface area contributed by atoms with E-state index in [-0.39, 0.29) is 6.61 Å². The van der Waals surface area contributed by atoms with E-state index in [1.54, 1.807) is 6.33 Å². The quantitative estimate of drug-likeness (QED) is 0.561. The Kier molecular flexibility index (Phi) is 4.20. The summed E-state index contributed by atoms with van der Waals surface area (Å²) in [5, 5.41) is 15.2. The first-order valence-corrected chi connectivity index (χ1v) is 8.76. The second-order valence-corrected chi connectivity index (χ2v) is 7.39. The van der Waals surface area contributed by atoms with Gasteiger partial charge in [0.15, 0.2) is 5.76 Å². The van der Waals surface area contributed by atoms with E-state index in [0.717, 1.165) is 16.5 Å². The maximum Gasteiger partial charge on any atom is 0.155 e. The molecule has 0 amide bonds. The van der Waals surface area contributed by atoms with Crippen molar-refractivity contribution in [2.45, 2.75) is 33.0 Å². The number of hydrogen-bond donors (Lipinski definition) is 1. The fourth-order valence-corrected chi connectivity index (χ4v) is 2.77. The van der Waals surface area contributed by atoms with Crippen LogP contribution < -0.4 is 5.36 Å². The third kappa shape index (κ3) is 3.57. The maximum absolute atomic E-state index is 9.46. The van der Waals surface area contributed by atoms with E-state index < -0.39 is 5.60 Å². The van der Waals surface area contributed by atoms with Gasteiger partial charge in [-0.2, -0.15) is 0 Å². The second-order valence-electron chi connectivity index (χ2n) is 7.39. The Bertz CT molecular complexity index is 1180. The molecule has 0 spiro atoms. The molecule has 0 aliphatic carbocycles. The predicted molar refractivity (Wildman–Crippen MR) is 103 cm³/mol. The van der Waals surface area contributed by atoms with Crippen LogP contribution in [0.3, 0.4) is 0 Å². The van der Waals surface area contributed by atoms with Crippen LogP contribution >= 0.6 is 0 Å². The van der Waals surface area contributed by atoms with Gasteiger partial charge in [0.2, 0.25) is 0 Å². The van der Waals surface area contributed by atoms with Crippen molar-refractivity contribution in [1.82, 2.24) is 9.38 Å². The van der Waals surface area contributed by atoms with E-state index >= 15 is 0 Å². The Labute approximate surface area is 156 Å². The lowest BCUT2D eigenvalue weighted by Gasteiger charge is -2.15. The zero-order valence-corrected chi connectivity index (χ0v) is 15.5. The van der Waals surface area contributed by atoms with Gasteiger partial charge in [0.1, 0.15) is 22.2 Å². The first-order chi connectivity index (χ1) is 12.9. The second kappa shape index (κ2) is 6.55. The highest BCUT2D eigenvalue weighted by atomic mass is 16.6. The van der Waals surface area contributed by atoms with Gasteiger partial charge in [-0.3, -0.25) is 0 Å². The summed E-state index contributed by atoms with van der Waals surface area (Å²) < 4.78 is 8.01. The first kappa shape index (κ1) is 17.3. The minimum atomic E-state index is -0.419. The Morgan fingerprint density at radius 2 is 2.04 bits per heavy atom. The van der Waals surface area contributed by atoms with Gasteiger partial charge < -0.3 is 18.8 Å². The number of aliphatic hydroxyl groups is 1. The molecule has 1 N–H and O–H groups in total. The molecule has 0 fully saturated rings. The van der Waals surface area contributed by atoms with Crippen LogP contribution in [0.2, 0.25) is 0 Å². The minimum absolute atomic E-state index is 0.0519. The standard InChI is InChI=1S/C21H21N3O3/c1-21(2,3)27-23-17-11-20(18-10-15-5-4-8-24(15)13-22-18)26-19-7-6-14(12-25)9-16(17)19/h4-11,13,25H,12H2,1-3H3. The van der Waals surface area contributed by atoms with Gasteiger partial charge in [0, 0.05) is 23.2 Å². The highest BCUT2D eigenvalue weighted by molar-refractivity contribution is 5.79. The van der Waals surface area contributed by atoms with E-state index in [4.69, 9.17) is 9.25 Å². The molecule has 4 aromatic rings. The third-order valence-corrected chi connectivity index (χ3v) is 4.08. The largest absolute Gasteiger partial charge is 0.454 e. The van der Waals surface area contributed by atoms with Crippen molar-refractivity contribution in [3.05, 3.63) is 65.9 Å². The normalized spacial score (nSPS) is 12.8. The summed E-state index contributed by atoms with van der Waals surface area (Å²) in [7, 11) is 0. The van der Waals surface area contributed by atoms with E-state index in [2.05, 4.69) is 10.1 Å². The Morgan fingerprint density at radius 1 is 1.19 bits per heavy atom. The fourth-order valence-electron chi connectivity index (χ4n) is 2.77. The van der Waals surface area contributed by atoms with Crippen molar-refractivity contribution in [2.24, 2.45) is 5.16 Å². The van der Waals surface area contributed by atoms with Crippen molar-refractivity contribution >= 4 is 16.5 Å². The number of aliphatic hydroxyl groups excluding tert-OH is 1. The fraction of sp³-hybridized carbons (Fsp3) is 0.238. The Morgan fingerprint density at radius 3 is 2.81 bits per heavy atom. The number of rotatable bonds is 3. The summed E-state index contributed by atoms with van der Waals surface area (Å²) in [5.74, 6) is 0.596. The van der Waals surface area contributed by atoms with E-state index in [9.17, 15) is 5.11 Å². The number of aromatic nitrogens is 2. The van der Waals surface area contributed by atoms with Crippen LogP contribution in [-0.4, -0.2) is 20.1 Å². The number of nitrogens with zero attached hydrogens (tertiary/aromatic N) is 3. The zero-order valence-electron chi connectivity index (χ0n) is 15.5. The van der Waals surface area contributed by atoms with Gasteiger partial charge in [-0.1, -0.05) is 11.2 Å². The van der Waals surface area contributed by atoms with Crippen LogP contribution in [-0.2, 0) is 11.4 Å². The highest BCUT2D eigenvalue weighted by Gasteiger charge is 2.12. The SMILES string of the molecule is CC(C)(C)ON=c1cc(-c2cc3cccn3cn2)oc2ccc(CO)cc12. The van der Waals surface area contributed by atoms with Gasteiger partial charge in [0.05, 0.1) is 12.9 Å². The summed E-state index contributed by atoms with van der Waals surface area (Å²) in [4.78, 5) is 10.1. The van der Waals surface area contributed by atoms with Gasteiger partial charge in [-0.15, -0.1) is 0 Å². The Hall–Kier alpha value is -3.12. The molecule has 138 valence electrons. The van der Waals surface area contributed by atoms with Crippen LogP contribution in [0.25, 0.3) is 27.9 Å². The molecule has 27 heavy (non-hydrogen) atoms. The number of hydrogen-bond acceptors (Lipinski definition) is 5. The topological polar surface area (TPSA) is 72.3 Å². The summed E-state index contributed by atoms with van der Waals surface area (Å²) in [5.41, 5.74) is 2.75. The van der Waals surface area contributed by atoms with E-state index in [1.165, 1.54) is 0 Å². The van der Waals surface area contributed by atoms with Crippen LogP contribution in [0, 0.1) is 0 Å². The van der Waals surface area contributed by atoms with Crippen molar-refractivity contribution in [1.29, 1.82) is 0 Å².